The molecule has 0 spiro atoms. The van der Waals surface area contributed by atoms with Gasteiger partial charge in [-0.15, -0.1) is 0 Å². The molecule has 1 aromatic heterocycles. The summed E-state index contributed by atoms with van der Waals surface area (Å²) in [6.07, 6.45) is 0.710. The molecule has 0 bridgehead atoms. The van der Waals surface area contributed by atoms with Crippen molar-refractivity contribution in [3.05, 3.63) is 72.4 Å². The van der Waals surface area contributed by atoms with Gasteiger partial charge in [0.1, 0.15) is 5.75 Å². The van der Waals surface area contributed by atoms with E-state index < -0.39 is 12.1 Å². The van der Waals surface area contributed by atoms with Crippen molar-refractivity contribution in [3.8, 4) is 17.1 Å². The first-order valence-electron chi connectivity index (χ1n) is 9.68. The molecule has 0 saturated heterocycles. The molecule has 0 radical (unpaired) electrons. The summed E-state index contributed by atoms with van der Waals surface area (Å²) in [5, 5.41) is 3.72. The van der Waals surface area contributed by atoms with Crippen LogP contribution in [0.25, 0.3) is 11.3 Å². The third-order valence-electron chi connectivity index (χ3n) is 3.44. The van der Waals surface area contributed by atoms with Crippen molar-refractivity contribution in [2.45, 2.75) is 40.7 Å². The van der Waals surface area contributed by atoms with Crippen LogP contribution in [-0.4, -0.2) is 17.7 Å². The molecule has 0 fully saturated rings. The van der Waals surface area contributed by atoms with E-state index in [1.165, 1.54) is 0 Å². The lowest BCUT2D eigenvalue weighted by molar-refractivity contribution is -0.151. The summed E-state index contributed by atoms with van der Waals surface area (Å²) in [6, 6.07) is 18.3. The molecule has 28 heavy (non-hydrogen) atoms. The lowest BCUT2D eigenvalue weighted by Crippen LogP contribution is -2.21. The second-order valence-electron chi connectivity index (χ2n) is 5.03. The highest BCUT2D eigenvalue weighted by Gasteiger charge is 2.25. The first kappa shape index (κ1) is 23.0. The highest BCUT2D eigenvalue weighted by Crippen LogP contribution is 2.33. The van der Waals surface area contributed by atoms with Gasteiger partial charge in [-0.05, 0) is 19.1 Å². The fourth-order valence-electron chi connectivity index (χ4n) is 2.35. The van der Waals surface area contributed by atoms with Crippen LogP contribution in [0.2, 0.25) is 0 Å². The van der Waals surface area contributed by atoms with Crippen LogP contribution in [0.1, 0.15) is 46.3 Å². The van der Waals surface area contributed by atoms with Crippen molar-refractivity contribution in [2.75, 3.05) is 6.61 Å². The number of ether oxygens (including phenoxy) is 2. The van der Waals surface area contributed by atoms with Gasteiger partial charge in [0, 0.05) is 11.6 Å². The predicted molar refractivity (Wildman–Crippen MR) is 111 cm³/mol. The van der Waals surface area contributed by atoms with Gasteiger partial charge in [0.25, 0.3) is 0 Å². The number of carbonyl (C=O) groups is 1. The van der Waals surface area contributed by atoms with Crippen LogP contribution in [-0.2, 0) is 9.53 Å². The standard InChI is InChI=1S/C19H17NO4.2C2H6/c1-2-22-19(21)18(14-8-4-3-5-9-14)23-16-11-7-6-10-15(16)17-12-13-20-24-17;2*1-2/h3-13,18H,2H2,1H3;2*1-2H3. The minimum Gasteiger partial charge on any atom is -0.473 e. The van der Waals surface area contributed by atoms with Crippen LogP contribution >= 0.6 is 0 Å². The molecule has 2 aromatic carbocycles. The average molecular weight is 383 g/mol. The Morgan fingerprint density at radius 3 is 2.21 bits per heavy atom. The molecule has 1 unspecified atom stereocenters. The summed E-state index contributed by atoms with van der Waals surface area (Å²) in [5.41, 5.74) is 1.45. The minimum absolute atomic E-state index is 0.287. The van der Waals surface area contributed by atoms with Gasteiger partial charge in [-0.2, -0.15) is 0 Å². The normalized spacial score (nSPS) is 10.5. The Morgan fingerprint density at radius 1 is 0.964 bits per heavy atom. The van der Waals surface area contributed by atoms with Crippen LogP contribution in [0, 0.1) is 0 Å². The Kier molecular flexibility index (Phi) is 10.8. The van der Waals surface area contributed by atoms with Crippen molar-refractivity contribution in [3.63, 3.8) is 0 Å². The number of rotatable bonds is 6. The predicted octanol–water partition coefficient (Wildman–Crippen LogP) is 6.08. The number of hydrogen-bond donors (Lipinski definition) is 0. The molecule has 5 heteroatoms. The van der Waals surface area contributed by atoms with E-state index in [1.54, 1.807) is 25.3 Å². The third-order valence-corrected chi connectivity index (χ3v) is 3.44. The number of hydrogen-bond acceptors (Lipinski definition) is 5. The number of esters is 1. The van der Waals surface area contributed by atoms with Crippen LogP contribution in [0.5, 0.6) is 5.75 Å². The fraction of sp³-hybridized carbons (Fsp3) is 0.304. The van der Waals surface area contributed by atoms with E-state index in [1.807, 2.05) is 76.2 Å². The molecule has 0 saturated carbocycles. The highest BCUT2D eigenvalue weighted by atomic mass is 16.6. The van der Waals surface area contributed by atoms with Gasteiger partial charge in [-0.3, -0.25) is 0 Å². The van der Waals surface area contributed by atoms with E-state index in [0.29, 0.717) is 11.5 Å². The highest BCUT2D eigenvalue weighted by molar-refractivity contribution is 5.77. The van der Waals surface area contributed by atoms with E-state index in [9.17, 15) is 4.79 Å². The topological polar surface area (TPSA) is 61.6 Å². The van der Waals surface area contributed by atoms with E-state index in [-0.39, 0.29) is 6.61 Å². The zero-order chi connectivity index (χ0) is 20.8. The summed E-state index contributed by atoms with van der Waals surface area (Å²) in [4.78, 5) is 12.4. The zero-order valence-corrected chi connectivity index (χ0v) is 17.2. The molecular formula is C23H29NO4. The van der Waals surface area contributed by atoms with Gasteiger partial charge in [-0.25, -0.2) is 4.79 Å². The first-order chi connectivity index (χ1) is 13.8. The Morgan fingerprint density at radius 2 is 1.61 bits per heavy atom. The summed E-state index contributed by atoms with van der Waals surface area (Å²) in [5.74, 6) is 0.661. The zero-order valence-electron chi connectivity index (χ0n) is 17.2. The third kappa shape index (κ3) is 6.27. The molecule has 0 aliphatic heterocycles. The first-order valence-corrected chi connectivity index (χ1v) is 9.68. The second-order valence-corrected chi connectivity index (χ2v) is 5.03. The fourth-order valence-corrected chi connectivity index (χ4v) is 2.35. The van der Waals surface area contributed by atoms with E-state index in [0.717, 1.165) is 11.1 Å². The van der Waals surface area contributed by atoms with Crippen LogP contribution in [0.4, 0.5) is 0 Å². The summed E-state index contributed by atoms with van der Waals surface area (Å²) in [7, 11) is 0. The van der Waals surface area contributed by atoms with Crippen molar-refractivity contribution < 1.29 is 18.8 Å². The Labute approximate surface area is 167 Å². The number of aromatic nitrogens is 1. The van der Waals surface area contributed by atoms with Crippen LogP contribution in [0.3, 0.4) is 0 Å². The molecule has 3 aromatic rings. The molecular weight excluding hydrogens is 354 g/mol. The molecule has 5 nitrogen and oxygen atoms in total. The lowest BCUT2D eigenvalue weighted by atomic mass is 10.1. The van der Waals surface area contributed by atoms with Crippen molar-refractivity contribution in [1.29, 1.82) is 0 Å². The lowest BCUT2D eigenvalue weighted by Gasteiger charge is -2.19. The molecule has 0 aliphatic carbocycles. The maximum absolute atomic E-state index is 12.4. The molecule has 0 amide bonds. The van der Waals surface area contributed by atoms with Gasteiger partial charge in [0.05, 0.1) is 18.4 Å². The van der Waals surface area contributed by atoms with Crippen LogP contribution in [0.15, 0.2) is 71.4 Å². The van der Waals surface area contributed by atoms with Gasteiger partial charge in [0.2, 0.25) is 6.10 Å². The van der Waals surface area contributed by atoms with Gasteiger partial charge >= 0.3 is 5.97 Å². The SMILES string of the molecule is CC.CC.CCOC(=O)C(Oc1ccccc1-c1ccno1)c1ccccc1. The Bertz CT molecular complexity index is 785. The molecule has 3 rings (SSSR count). The number of benzene rings is 2. The number of carbonyl (C=O) groups excluding carboxylic acids is 1. The maximum Gasteiger partial charge on any atom is 0.352 e. The quantitative estimate of drug-likeness (QED) is 0.483. The Hall–Kier alpha value is -3.08. The van der Waals surface area contributed by atoms with Crippen molar-refractivity contribution >= 4 is 5.97 Å². The molecule has 1 atom stereocenters. The smallest absolute Gasteiger partial charge is 0.352 e. The van der Waals surface area contributed by atoms with E-state index >= 15 is 0 Å². The Balaban J connectivity index is 0.000000921. The maximum atomic E-state index is 12.4. The van der Waals surface area contributed by atoms with Gasteiger partial charge in [0.15, 0.2) is 5.76 Å². The van der Waals surface area contributed by atoms with Crippen LogP contribution < -0.4 is 4.74 Å². The molecule has 1 heterocycles. The largest absolute Gasteiger partial charge is 0.473 e. The summed E-state index contributed by atoms with van der Waals surface area (Å²) >= 11 is 0. The van der Waals surface area contributed by atoms with Crippen molar-refractivity contribution in [2.24, 2.45) is 0 Å². The minimum atomic E-state index is -0.852. The van der Waals surface area contributed by atoms with E-state index in [4.69, 9.17) is 14.0 Å². The molecule has 0 N–H and O–H groups in total. The number of nitrogens with zero attached hydrogens (tertiary/aromatic N) is 1. The molecule has 150 valence electrons. The van der Waals surface area contributed by atoms with Gasteiger partial charge < -0.3 is 14.0 Å². The summed E-state index contributed by atoms with van der Waals surface area (Å²) in [6.45, 7) is 10.1. The molecule has 0 aliphatic rings. The number of para-hydroxylation sites is 1. The van der Waals surface area contributed by atoms with Gasteiger partial charge in [-0.1, -0.05) is 75.3 Å². The second kappa shape index (κ2) is 13.1. The van der Waals surface area contributed by atoms with Crippen molar-refractivity contribution in [1.82, 2.24) is 5.16 Å². The summed E-state index contributed by atoms with van der Waals surface area (Å²) < 4.78 is 16.4. The van der Waals surface area contributed by atoms with E-state index in [2.05, 4.69) is 5.16 Å². The monoisotopic (exact) mass is 383 g/mol. The average Bonchev–Trinajstić information content (AvgIpc) is 3.31.